The fraction of sp³-hybridized carbons (Fsp3) is 0.0588. The molecule has 3 nitrogen and oxygen atoms in total. The van der Waals surface area contributed by atoms with Crippen LogP contribution in [0, 0.1) is 6.92 Å². The molecule has 1 N–H and O–H groups in total. The second-order valence-corrected chi connectivity index (χ2v) is 6.05. The van der Waals surface area contributed by atoms with Gasteiger partial charge in [-0.05, 0) is 25.1 Å². The Balaban J connectivity index is 1.97. The zero-order chi connectivity index (χ0) is 14.4. The van der Waals surface area contributed by atoms with E-state index in [4.69, 9.17) is 4.98 Å². The van der Waals surface area contributed by atoms with E-state index in [9.17, 15) is 0 Å². The highest BCUT2D eigenvalue weighted by atomic mass is 79.9. The van der Waals surface area contributed by atoms with Crippen LogP contribution in [0.1, 0.15) is 5.56 Å². The second-order valence-electron chi connectivity index (χ2n) is 5.13. The van der Waals surface area contributed by atoms with Gasteiger partial charge in [0.1, 0.15) is 5.82 Å². The zero-order valence-corrected chi connectivity index (χ0v) is 13.0. The van der Waals surface area contributed by atoms with E-state index in [2.05, 4.69) is 63.2 Å². The molecule has 0 bridgehead atoms. The van der Waals surface area contributed by atoms with Crippen LogP contribution in [-0.2, 0) is 0 Å². The largest absolute Gasteiger partial charge is 0.337 e. The number of aryl methyl sites for hydroxylation is 1. The number of nitrogens with zero attached hydrogens (tertiary/aromatic N) is 2. The smallest absolute Gasteiger partial charge is 0.138 e. The molecule has 2 heterocycles. The number of pyridine rings is 1. The van der Waals surface area contributed by atoms with Gasteiger partial charge >= 0.3 is 0 Å². The Kier molecular flexibility index (Phi) is 2.79. The van der Waals surface area contributed by atoms with E-state index in [1.807, 2.05) is 18.3 Å². The van der Waals surface area contributed by atoms with Crippen LogP contribution in [0.3, 0.4) is 0 Å². The summed E-state index contributed by atoms with van der Waals surface area (Å²) in [5, 5.41) is 1.06. The lowest BCUT2D eigenvalue weighted by Gasteiger charge is -1.98. The van der Waals surface area contributed by atoms with Crippen molar-refractivity contribution < 1.29 is 0 Å². The molecule has 21 heavy (non-hydrogen) atoms. The van der Waals surface area contributed by atoms with Gasteiger partial charge in [0.2, 0.25) is 0 Å². The first-order valence-electron chi connectivity index (χ1n) is 6.72. The van der Waals surface area contributed by atoms with Gasteiger partial charge in [0.25, 0.3) is 0 Å². The van der Waals surface area contributed by atoms with Crippen molar-refractivity contribution in [2.75, 3.05) is 0 Å². The maximum absolute atomic E-state index is 4.76. The summed E-state index contributed by atoms with van der Waals surface area (Å²) in [7, 11) is 0. The first-order chi connectivity index (χ1) is 10.2. The molecule has 0 atom stereocenters. The summed E-state index contributed by atoms with van der Waals surface area (Å²) in [5.41, 5.74) is 5.19. The topological polar surface area (TPSA) is 41.6 Å². The van der Waals surface area contributed by atoms with Crippen LogP contribution in [0.4, 0.5) is 0 Å². The second kappa shape index (κ2) is 4.67. The number of rotatable bonds is 1. The van der Waals surface area contributed by atoms with E-state index in [1.54, 1.807) is 0 Å². The molecule has 0 aliphatic heterocycles. The summed E-state index contributed by atoms with van der Waals surface area (Å²) in [5.74, 6) is 0.877. The van der Waals surface area contributed by atoms with Crippen LogP contribution in [0.5, 0.6) is 0 Å². The van der Waals surface area contributed by atoms with Gasteiger partial charge in [-0.15, -0.1) is 0 Å². The molecule has 0 aliphatic carbocycles. The maximum Gasteiger partial charge on any atom is 0.138 e. The Labute approximate surface area is 130 Å². The molecule has 0 radical (unpaired) electrons. The van der Waals surface area contributed by atoms with E-state index in [-0.39, 0.29) is 0 Å². The van der Waals surface area contributed by atoms with Gasteiger partial charge in [-0.2, -0.15) is 0 Å². The standard InChI is InChI=1S/C17H12BrN3/c1-10-2-4-11(5-3-10)17-20-15-9-19-14-8-12(18)6-7-13(14)16(15)21-17/h2-9H,1H3,(H,20,21). The number of hydrogen-bond acceptors (Lipinski definition) is 2. The van der Waals surface area contributed by atoms with Gasteiger partial charge in [-0.25, -0.2) is 4.98 Å². The number of H-pyrrole nitrogens is 1. The number of benzene rings is 2. The molecule has 0 spiro atoms. The van der Waals surface area contributed by atoms with Crippen molar-refractivity contribution in [2.24, 2.45) is 0 Å². The molecule has 4 rings (SSSR count). The molecular formula is C17H12BrN3. The minimum atomic E-state index is 0.877. The van der Waals surface area contributed by atoms with Gasteiger partial charge in [-0.3, -0.25) is 4.98 Å². The van der Waals surface area contributed by atoms with E-state index in [1.165, 1.54) is 5.56 Å². The predicted molar refractivity (Wildman–Crippen MR) is 89.3 cm³/mol. The van der Waals surface area contributed by atoms with E-state index in [0.717, 1.165) is 37.8 Å². The molecule has 0 fully saturated rings. The molecule has 0 saturated carbocycles. The van der Waals surface area contributed by atoms with E-state index in [0.29, 0.717) is 0 Å². The monoisotopic (exact) mass is 337 g/mol. The van der Waals surface area contributed by atoms with Gasteiger partial charge in [0, 0.05) is 15.4 Å². The SMILES string of the molecule is Cc1ccc(-c2nc3c(cnc4cc(Br)ccc43)[nH]2)cc1. The van der Waals surface area contributed by atoms with Crippen molar-refractivity contribution in [3.05, 3.63) is 58.7 Å². The number of aromatic amines is 1. The van der Waals surface area contributed by atoms with Crippen LogP contribution in [-0.4, -0.2) is 15.0 Å². The summed E-state index contributed by atoms with van der Waals surface area (Å²) in [6.07, 6.45) is 1.84. The molecular weight excluding hydrogens is 326 g/mol. The van der Waals surface area contributed by atoms with Crippen molar-refractivity contribution in [1.82, 2.24) is 15.0 Å². The van der Waals surface area contributed by atoms with Crippen LogP contribution >= 0.6 is 15.9 Å². The Hall–Kier alpha value is -2.20. The number of halogens is 1. The van der Waals surface area contributed by atoms with Gasteiger partial charge in [0.15, 0.2) is 0 Å². The number of fused-ring (bicyclic) bond motifs is 3. The minimum absolute atomic E-state index is 0.877. The normalized spacial score (nSPS) is 11.3. The molecule has 0 saturated heterocycles. The Morgan fingerprint density at radius 1 is 1.05 bits per heavy atom. The fourth-order valence-electron chi connectivity index (χ4n) is 2.48. The Morgan fingerprint density at radius 3 is 2.67 bits per heavy atom. The predicted octanol–water partition coefficient (Wildman–Crippen LogP) is 4.85. The van der Waals surface area contributed by atoms with Crippen molar-refractivity contribution >= 4 is 37.9 Å². The number of aromatic nitrogens is 3. The third-order valence-electron chi connectivity index (χ3n) is 3.60. The summed E-state index contributed by atoms with van der Waals surface area (Å²) in [6, 6.07) is 14.4. The number of hydrogen-bond donors (Lipinski definition) is 1. The van der Waals surface area contributed by atoms with Crippen molar-refractivity contribution in [1.29, 1.82) is 0 Å². The van der Waals surface area contributed by atoms with Crippen LogP contribution in [0.25, 0.3) is 33.3 Å². The third-order valence-corrected chi connectivity index (χ3v) is 4.10. The summed E-state index contributed by atoms with van der Waals surface area (Å²) >= 11 is 3.48. The fourth-order valence-corrected chi connectivity index (χ4v) is 2.83. The molecule has 2 aromatic heterocycles. The lowest BCUT2D eigenvalue weighted by atomic mass is 10.1. The quantitative estimate of drug-likeness (QED) is 0.539. The number of nitrogens with one attached hydrogen (secondary N) is 1. The summed E-state index contributed by atoms with van der Waals surface area (Å²) < 4.78 is 1.02. The average Bonchev–Trinajstić information content (AvgIpc) is 2.92. The number of imidazole rings is 1. The summed E-state index contributed by atoms with van der Waals surface area (Å²) in [6.45, 7) is 2.08. The molecule has 4 aromatic rings. The highest BCUT2D eigenvalue weighted by Crippen LogP contribution is 2.27. The molecule has 2 aromatic carbocycles. The van der Waals surface area contributed by atoms with Crippen molar-refractivity contribution in [2.45, 2.75) is 6.92 Å². The summed E-state index contributed by atoms with van der Waals surface area (Å²) in [4.78, 5) is 12.6. The lowest BCUT2D eigenvalue weighted by molar-refractivity contribution is 1.32. The Morgan fingerprint density at radius 2 is 1.86 bits per heavy atom. The molecule has 0 unspecified atom stereocenters. The molecule has 102 valence electrons. The van der Waals surface area contributed by atoms with Gasteiger partial charge < -0.3 is 4.98 Å². The van der Waals surface area contributed by atoms with Crippen LogP contribution < -0.4 is 0 Å². The van der Waals surface area contributed by atoms with Gasteiger partial charge in [0.05, 0.1) is 22.7 Å². The molecule has 0 aliphatic rings. The van der Waals surface area contributed by atoms with Crippen molar-refractivity contribution in [3.63, 3.8) is 0 Å². The van der Waals surface area contributed by atoms with Crippen LogP contribution in [0.2, 0.25) is 0 Å². The average molecular weight is 338 g/mol. The third kappa shape index (κ3) is 2.12. The van der Waals surface area contributed by atoms with Crippen LogP contribution in [0.15, 0.2) is 53.1 Å². The molecule has 4 heteroatoms. The lowest BCUT2D eigenvalue weighted by Crippen LogP contribution is -1.81. The zero-order valence-electron chi connectivity index (χ0n) is 11.4. The highest BCUT2D eigenvalue weighted by molar-refractivity contribution is 9.10. The van der Waals surface area contributed by atoms with Gasteiger partial charge in [-0.1, -0.05) is 45.8 Å². The molecule has 0 amide bonds. The van der Waals surface area contributed by atoms with E-state index >= 15 is 0 Å². The highest BCUT2D eigenvalue weighted by Gasteiger charge is 2.09. The van der Waals surface area contributed by atoms with Crippen molar-refractivity contribution in [3.8, 4) is 11.4 Å². The Bertz CT molecular complexity index is 955. The first kappa shape index (κ1) is 12.5. The first-order valence-corrected chi connectivity index (χ1v) is 7.51. The minimum Gasteiger partial charge on any atom is -0.337 e. The van der Waals surface area contributed by atoms with E-state index < -0.39 is 0 Å². The maximum atomic E-state index is 4.76.